The van der Waals surface area contributed by atoms with Crippen LogP contribution in [-0.2, 0) is 6.54 Å². The highest BCUT2D eigenvalue weighted by Crippen LogP contribution is 2.26. The molecule has 1 atom stereocenters. The summed E-state index contributed by atoms with van der Waals surface area (Å²) in [4.78, 5) is 5.05. The van der Waals surface area contributed by atoms with Gasteiger partial charge >= 0.3 is 0 Å². The van der Waals surface area contributed by atoms with Gasteiger partial charge in [0.05, 0.1) is 7.11 Å². The van der Waals surface area contributed by atoms with Crippen LogP contribution in [0.5, 0.6) is 5.75 Å². The monoisotopic (exact) mass is 320 g/mol. The largest absolute Gasteiger partial charge is 0.496 e. The van der Waals surface area contributed by atoms with Gasteiger partial charge < -0.3 is 9.84 Å². The molecule has 0 bridgehead atoms. The lowest BCUT2D eigenvalue weighted by molar-refractivity contribution is 0.0387. The van der Waals surface area contributed by atoms with Crippen LogP contribution in [0.15, 0.2) is 12.1 Å². The Balaban J connectivity index is 2.13. The van der Waals surface area contributed by atoms with Gasteiger partial charge in [-0.05, 0) is 56.9 Å². The van der Waals surface area contributed by atoms with E-state index in [4.69, 9.17) is 4.74 Å². The van der Waals surface area contributed by atoms with E-state index in [9.17, 15) is 5.11 Å². The van der Waals surface area contributed by atoms with E-state index in [-0.39, 0.29) is 6.61 Å². The van der Waals surface area contributed by atoms with Gasteiger partial charge in [0.1, 0.15) is 5.75 Å². The van der Waals surface area contributed by atoms with E-state index in [2.05, 4.69) is 49.6 Å². The van der Waals surface area contributed by atoms with Crippen LogP contribution < -0.4 is 4.74 Å². The lowest BCUT2D eigenvalue weighted by Crippen LogP contribution is -2.54. The third-order valence-corrected chi connectivity index (χ3v) is 5.27. The minimum Gasteiger partial charge on any atom is -0.496 e. The minimum absolute atomic E-state index is 0.258. The number of aliphatic hydroxyl groups is 1. The number of rotatable bonds is 6. The molecule has 0 amide bonds. The zero-order valence-corrected chi connectivity index (χ0v) is 15.3. The Labute approximate surface area is 141 Å². The molecule has 1 aromatic rings. The number of methoxy groups -OCH3 is 1. The molecule has 1 aliphatic rings. The van der Waals surface area contributed by atoms with Crippen LogP contribution in [0.4, 0.5) is 0 Å². The predicted octanol–water partition coefficient (Wildman–Crippen LogP) is 2.59. The number of hydrogen-bond donors (Lipinski definition) is 1. The summed E-state index contributed by atoms with van der Waals surface area (Å²) in [6, 6.07) is 5.26. The zero-order chi connectivity index (χ0) is 17.0. The van der Waals surface area contributed by atoms with E-state index in [0.717, 1.165) is 38.3 Å². The van der Waals surface area contributed by atoms with Crippen molar-refractivity contribution in [1.29, 1.82) is 0 Å². The van der Waals surface area contributed by atoms with Crippen molar-refractivity contribution in [3.8, 4) is 5.75 Å². The first-order valence-electron chi connectivity index (χ1n) is 8.70. The van der Waals surface area contributed by atoms with Crippen LogP contribution >= 0.6 is 0 Å². The first-order valence-corrected chi connectivity index (χ1v) is 8.70. The van der Waals surface area contributed by atoms with Gasteiger partial charge in [0, 0.05) is 44.9 Å². The van der Waals surface area contributed by atoms with E-state index < -0.39 is 0 Å². The fourth-order valence-corrected chi connectivity index (χ4v) is 3.48. The van der Waals surface area contributed by atoms with Crippen LogP contribution in [0.1, 0.15) is 37.0 Å². The molecule has 0 radical (unpaired) electrons. The SMILES string of the molecule is COc1ccc(CN2CCN(C(C)C)CC2CCO)c(C)c1C. The zero-order valence-electron chi connectivity index (χ0n) is 15.3. The second-order valence-corrected chi connectivity index (χ2v) is 6.90. The maximum Gasteiger partial charge on any atom is 0.122 e. The molecule has 1 saturated heterocycles. The van der Waals surface area contributed by atoms with Crippen molar-refractivity contribution in [3.63, 3.8) is 0 Å². The van der Waals surface area contributed by atoms with Crippen molar-refractivity contribution in [2.24, 2.45) is 0 Å². The van der Waals surface area contributed by atoms with Crippen LogP contribution in [0, 0.1) is 13.8 Å². The number of nitrogens with zero attached hydrogens (tertiary/aromatic N) is 2. The van der Waals surface area contributed by atoms with Gasteiger partial charge in [0.15, 0.2) is 0 Å². The number of benzene rings is 1. The average molecular weight is 320 g/mol. The molecule has 1 heterocycles. The lowest BCUT2D eigenvalue weighted by Gasteiger charge is -2.43. The van der Waals surface area contributed by atoms with Crippen molar-refractivity contribution < 1.29 is 9.84 Å². The first kappa shape index (κ1) is 18.2. The van der Waals surface area contributed by atoms with E-state index in [1.807, 2.05) is 0 Å². The third kappa shape index (κ3) is 4.25. The molecule has 1 fully saturated rings. The van der Waals surface area contributed by atoms with E-state index in [1.165, 1.54) is 16.7 Å². The van der Waals surface area contributed by atoms with Gasteiger partial charge in [-0.25, -0.2) is 0 Å². The molecule has 4 nitrogen and oxygen atoms in total. The van der Waals surface area contributed by atoms with Gasteiger partial charge in [0.25, 0.3) is 0 Å². The fraction of sp³-hybridized carbons (Fsp3) is 0.684. The van der Waals surface area contributed by atoms with Crippen LogP contribution in [0.25, 0.3) is 0 Å². The molecule has 4 heteroatoms. The van der Waals surface area contributed by atoms with Gasteiger partial charge in [-0.15, -0.1) is 0 Å². The quantitative estimate of drug-likeness (QED) is 0.874. The smallest absolute Gasteiger partial charge is 0.122 e. The number of hydrogen-bond acceptors (Lipinski definition) is 4. The van der Waals surface area contributed by atoms with E-state index >= 15 is 0 Å². The van der Waals surface area contributed by atoms with Gasteiger partial charge in [0.2, 0.25) is 0 Å². The molecule has 1 aliphatic heterocycles. The maximum atomic E-state index is 9.43. The molecule has 23 heavy (non-hydrogen) atoms. The van der Waals surface area contributed by atoms with Gasteiger partial charge in [-0.2, -0.15) is 0 Å². The highest BCUT2D eigenvalue weighted by atomic mass is 16.5. The van der Waals surface area contributed by atoms with E-state index in [1.54, 1.807) is 7.11 Å². The Morgan fingerprint density at radius 1 is 1.22 bits per heavy atom. The van der Waals surface area contributed by atoms with Crippen molar-refractivity contribution >= 4 is 0 Å². The number of ether oxygens (including phenoxy) is 1. The Bertz CT molecular complexity index is 516. The number of piperazine rings is 1. The molecule has 2 rings (SSSR count). The summed E-state index contributed by atoms with van der Waals surface area (Å²) < 4.78 is 5.42. The highest BCUT2D eigenvalue weighted by molar-refractivity contribution is 5.43. The van der Waals surface area contributed by atoms with Crippen molar-refractivity contribution in [1.82, 2.24) is 9.80 Å². The van der Waals surface area contributed by atoms with Crippen molar-refractivity contribution in [2.75, 3.05) is 33.4 Å². The lowest BCUT2D eigenvalue weighted by atomic mass is 10.00. The van der Waals surface area contributed by atoms with Crippen LogP contribution in [-0.4, -0.2) is 60.3 Å². The summed E-state index contributed by atoms with van der Waals surface area (Å²) in [7, 11) is 1.73. The second kappa shape index (κ2) is 8.13. The second-order valence-electron chi connectivity index (χ2n) is 6.90. The average Bonchev–Trinajstić information content (AvgIpc) is 2.53. The normalized spacial score (nSPS) is 20.2. The van der Waals surface area contributed by atoms with E-state index in [0.29, 0.717) is 12.1 Å². The summed E-state index contributed by atoms with van der Waals surface area (Å²) >= 11 is 0. The Hall–Kier alpha value is -1.10. The Kier molecular flexibility index (Phi) is 6.45. The molecule has 0 aromatic heterocycles. The fourth-order valence-electron chi connectivity index (χ4n) is 3.48. The summed E-state index contributed by atoms with van der Waals surface area (Å²) in [5.41, 5.74) is 3.91. The Morgan fingerprint density at radius 3 is 2.57 bits per heavy atom. The minimum atomic E-state index is 0.258. The highest BCUT2D eigenvalue weighted by Gasteiger charge is 2.28. The summed E-state index contributed by atoms with van der Waals surface area (Å²) in [6.07, 6.45) is 0.845. The molecule has 130 valence electrons. The molecule has 0 saturated carbocycles. The molecular formula is C19H32N2O2. The molecule has 0 aliphatic carbocycles. The molecule has 0 spiro atoms. The van der Waals surface area contributed by atoms with Crippen molar-refractivity contribution in [3.05, 3.63) is 28.8 Å². The summed E-state index contributed by atoms with van der Waals surface area (Å²) in [6.45, 7) is 13.2. The number of aliphatic hydroxyl groups excluding tert-OH is 1. The predicted molar refractivity (Wildman–Crippen MR) is 95.1 cm³/mol. The Morgan fingerprint density at radius 2 is 1.96 bits per heavy atom. The summed E-state index contributed by atoms with van der Waals surface area (Å²) in [5.74, 6) is 0.961. The first-order chi connectivity index (χ1) is 11.0. The standard InChI is InChI=1S/C19H32N2O2/c1-14(2)20-9-10-21(18(13-20)8-11-22)12-17-6-7-19(23-5)16(4)15(17)3/h6-7,14,18,22H,8-13H2,1-5H3. The van der Waals surface area contributed by atoms with Gasteiger partial charge in [-0.3, -0.25) is 9.80 Å². The molecule has 1 aromatic carbocycles. The third-order valence-electron chi connectivity index (χ3n) is 5.27. The van der Waals surface area contributed by atoms with Crippen LogP contribution in [0.3, 0.4) is 0 Å². The molecular weight excluding hydrogens is 288 g/mol. The summed E-state index contributed by atoms with van der Waals surface area (Å²) in [5, 5.41) is 9.43. The molecule has 1 N–H and O–H groups in total. The van der Waals surface area contributed by atoms with Crippen LogP contribution in [0.2, 0.25) is 0 Å². The maximum absolute atomic E-state index is 9.43. The van der Waals surface area contributed by atoms with Gasteiger partial charge in [-0.1, -0.05) is 6.07 Å². The topological polar surface area (TPSA) is 35.9 Å². The van der Waals surface area contributed by atoms with Crippen molar-refractivity contribution in [2.45, 2.75) is 52.7 Å². The molecule has 1 unspecified atom stereocenters.